The molecule has 0 radical (unpaired) electrons. The Balaban J connectivity index is 1.50. The molecule has 0 aromatic heterocycles. The van der Waals surface area contributed by atoms with Gasteiger partial charge in [0, 0.05) is 28.9 Å². The standard InChI is InChI=1S/C23H25BrN4O6/c1-32-18-7-5-17(6-8-18)27-21(29)14-34-20-9-4-16(24)11-15(20)12-26-28-23(31)22(30)25-13-19-3-2-10-33-19/h4-9,11-12,19H,2-3,10,13-14H2,1H3,(H,25,30)(H,27,29)(H,28,31)/b26-12-/t19-/m1/s1. The van der Waals surface area contributed by atoms with Crippen LogP contribution < -0.4 is 25.5 Å². The Kier molecular flexibility index (Phi) is 9.41. The molecule has 1 atom stereocenters. The van der Waals surface area contributed by atoms with Crippen molar-refractivity contribution in [2.45, 2.75) is 18.9 Å². The van der Waals surface area contributed by atoms with Crippen LogP contribution in [0.4, 0.5) is 5.69 Å². The molecule has 2 aromatic carbocycles. The summed E-state index contributed by atoms with van der Waals surface area (Å²) < 4.78 is 16.8. The third-order valence-electron chi connectivity index (χ3n) is 4.79. The molecule has 0 aliphatic carbocycles. The number of hydrogen-bond acceptors (Lipinski definition) is 7. The second-order valence-electron chi connectivity index (χ2n) is 7.29. The molecule has 3 rings (SSSR count). The fourth-order valence-electron chi connectivity index (χ4n) is 3.07. The molecular weight excluding hydrogens is 508 g/mol. The second kappa shape index (κ2) is 12.7. The summed E-state index contributed by atoms with van der Waals surface area (Å²) in [4.78, 5) is 36.1. The second-order valence-corrected chi connectivity index (χ2v) is 8.21. The fourth-order valence-corrected chi connectivity index (χ4v) is 3.45. The number of nitrogens with one attached hydrogen (secondary N) is 3. The summed E-state index contributed by atoms with van der Waals surface area (Å²) in [5.41, 5.74) is 3.27. The number of carbonyl (C=O) groups excluding carboxylic acids is 3. The summed E-state index contributed by atoms with van der Waals surface area (Å²) >= 11 is 3.36. The van der Waals surface area contributed by atoms with E-state index in [1.807, 2.05) is 0 Å². The first-order valence-corrected chi connectivity index (χ1v) is 11.3. The van der Waals surface area contributed by atoms with E-state index in [0.29, 0.717) is 29.4 Å². The average molecular weight is 533 g/mol. The van der Waals surface area contributed by atoms with Gasteiger partial charge in [0.25, 0.3) is 5.91 Å². The van der Waals surface area contributed by atoms with Gasteiger partial charge in [0.05, 0.1) is 19.4 Å². The van der Waals surface area contributed by atoms with Crippen LogP contribution in [0, 0.1) is 0 Å². The maximum atomic E-state index is 12.2. The number of anilines is 1. The van der Waals surface area contributed by atoms with Crippen molar-refractivity contribution in [3.05, 3.63) is 52.5 Å². The van der Waals surface area contributed by atoms with Crippen LogP contribution in [0.25, 0.3) is 0 Å². The van der Waals surface area contributed by atoms with Gasteiger partial charge in [0.2, 0.25) is 0 Å². The number of ether oxygens (including phenoxy) is 3. The highest BCUT2D eigenvalue weighted by Crippen LogP contribution is 2.22. The molecule has 0 bridgehead atoms. The molecule has 1 aliphatic rings. The quantitative estimate of drug-likeness (QED) is 0.258. The number of benzene rings is 2. The molecule has 34 heavy (non-hydrogen) atoms. The Morgan fingerprint density at radius 1 is 1.18 bits per heavy atom. The van der Waals surface area contributed by atoms with Crippen molar-refractivity contribution in [3.8, 4) is 11.5 Å². The van der Waals surface area contributed by atoms with Crippen LogP contribution in [0.3, 0.4) is 0 Å². The number of nitrogens with zero attached hydrogens (tertiary/aromatic N) is 1. The summed E-state index contributed by atoms with van der Waals surface area (Å²) in [7, 11) is 1.56. The number of hydrazone groups is 1. The Labute approximate surface area is 205 Å². The molecule has 1 aliphatic heterocycles. The van der Waals surface area contributed by atoms with Crippen LogP contribution in [0.15, 0.2) is 52.0 Å². The highest BCUT2D eigenvalue weighted by molar-refractivity contribution is 9.10. The van der Waals surface area contributed by atoms with Crippen LogP contribution in [0.5, 0.6) is 11.5 Å². The van der Waals surface area contributed by atoms with Gasteiger partial charge in [-0.2, -0.15) is 5.10 Å². The average Bonchev–Trinajstić information content (AvgIpc) is 3.36. The van der Waals surface area contributed by atoms with E-state index in [9.17, 15) is 14.4 Å². The summed E-state index contributed by atoms with van der Waals surface area (Å²) in [6.07, 6.45) is 3.05. The van der Waals surface area contributed by atoms with E-state index in [2.05, 4.69) is 37.1 Å². The summed E-state index contributed by atoms with van der Waals surface area (Å²) in [5, 5.41) is 9.07. The smallest absolute Gasteiger partial charge is 0.329 e. The zero-order chi connectivity index (χ0) is 24.3. The van der Waals surface area contributed by atoms with Gasteiger partial charge in [0.15, 0.2) is 6.61 Å². The van der Waals surface area contributed by atoms with Crippen molar-refractivity contribution in [2.75, 3.05) is 32.2 Å². The first-order valence-electron chi connectivity index (χ1n) is 10.5. The third-order valence-corrected chi connectivity index (χ3v) is 5.29. The van der Waals surface area contributed by atoms with Gasteiger partial charge in [-0.25, -0.2) is 5.43 Å². The Bertz CT molecular complexity index is 1040. The van der Waals surface area contributed by atoms with Gasteiger partial charge in [-0.05, 0) is 55.3 Å². The highest BCUT2D eigenvalue weighted by Gasteiger charge is 2.19. The van der Waals surface area contributed by atoms with E-state index in [-0.39, 0.29) is 25.2 Å². The highest BCUT2D eigenvalue weighted by atomic mass is 79.9. The molecule has 1 saturated heterocycles. The van der Waals surface area contributed by atoms with Crippen LogP contribution >= 0.6 is 15.9 Å². The molecule has 0 saturated carbocycles. The van der Waals surface area contributed by atoms with Crippen molar-refractivity contribution < 1.29 is 28.6 Å². The Hall–Kier alpha value is -3.44. The fraction of sp³-hybridized carbons (Fsp3) is 0.304. The number of methoxy groups -OCH3 is 1. The predicted molar refractivity (Wildman–Crippen MR) is 129 cm³/mol. The van der Waals surface area contributed by atoms with Gasteiger partial charge in [-0.3, -0.25) is 14.4 Å². The summed E-state index contributed by atoms with van der Waals surface area (Å²) in [6, 6.07) is 12.0. The largest absolute Gasteiger partial charge is 0.497 e. The topological polar surface area (TPSA) is 127 Å². The predicted octanol–water partition coefficient (Wildman–Crippen LogP) is 2.22. The van der Waals surface area contributed by atoms with Crippen molar-refractivity contribution in [3.63, 3.8) is 0 Å². The van der Waals surface area contributed by atoms with Crippen molar-refractivity contribution in [1.29, 1.82) is 0 Å². The van der Waals surface area contributed by atoms with Crippen molar-refractivity contribution >= 4 is 45.6 Å². The van der Waals surface area contributed by atoms with Crippen LogP contribution in [-0.2, 0) is 19.1 Å². The maximum absolute atomic E-state index is 12.2. The van der Waals surface area contributed by atoms with Crippen LogP contribution in [-0.4, -0.2) is 56.9 Å². The number of hydrogen-bond donors (Lipinski definition) is 3. The number of carbonyl (C=O) groups is 3. The monoisotopic (exact) mass is 532 g/mol. The van der Waals surface area contributed by atoms with Crippen molar-refractivity contribution in [1.82, 2.24) is 10.7 Å². The van der Waals surface area contributed by atoms with E-state index < -0.39 is 11.8 Å². The van der Waals surface area contributed by atoms with E-state index in [4.69, 9.17) is 14.2 Å². The van der Waals surface area contributed by atoms with Gasteiger partial charge in [-0.15, -0.1) is 0 Å². The molecule has 10 nitrogen and oxygen atoms in total. The maximum Gasteiger partial charge on any atom is 0.329 e. The minimum Gasteiger partial charge on any atom is -0.497 e. The lowest BCUT2D eigenvalue weighted by atomic mass is 10.2. The van der Waals surface area contributed by atoms with E-state index in [0.717, 1.165) is 17.3 Å². The molecule has 1 fully saturated rings. The first kappa shape index (κ1) is 25.2. The molecule has 0 unspecified atom stereocenters. The Morgan fingerprint density at radius 3 is 2.68 bits per heavy atom. The van der Waals surface area contributed by atoms with Gasteiger partial charge in [-0.1, -0.05) is 15.9 Å². The minimum absolute atomic E-state index is 0.0662. The van der Waals surface area contributed by atoms with Crippen LogP contribution in [0.1, 0.15) is 18.4 Å². The van der Waals surface area contributed by atoms with Crippen molar-refractivity contribution in [2.24, 2.45) is 5.10 Å². The number of halogens is 1. The van der Waals surface area contributed by atoms with E-state index in [1.54, 1.807) is 49.6 Å². The first-order chi connectivity index (χ1) is 16.4. The summed E-state index contributed by atoms with van der Waals surface area (Å²) in [6.45, 7) is 0.696. The SMILES string of the molecule is COc1ccc(NC(=O)COc2ccc(Br)cc2/C=N\NC(=O)C(=O)NC[C@H]2CCCO2)cc1. The normalized spacial score (nSPS) is 15.1. The molecule has 1 heterocycles. The van der Waals surface area contributed by atoms with E-state index in [1.165, 1.54) is 6.21 Å². The zero-order valence-corrected chi connectivity index (χ0v) is 20.1. The molecule has 0 spiro atoms. The molecule has 3 amide bonds. The number of rotatable bonds is 9. The molecule has 3 N–H and O–H groups in total. The van der Waals surface area contributed by atoms with Gasteiger partial charge in [0.1, 0.15) is 11.5 Å². The summed E-state index contributed by atoms with van der Waals surface area (Å²) in [5.74, 6) is -0.999. The molecule has 11 heteroatoms. The van der Waals surface area contributed by atoms with Crippen LogP contribution in [0.2, 0.25) is 0 Å². The minimum atomic E-state index is -0.898. The number of amides is 3. The zero-order valence-electron chi connectivity index (χ0n) is 18.5. The lowest BCUT2D eigenvalue weighted by Gasteiger charge is -2.11. The van der Waals surface area contributed by atoms with Gasteiger partial charge >= 0.3 is 11.8 Å². The van der Waals surface area contributed by atoms with Gasteiger partial charge < -0.3 is 24.8 Å². The van der Waals surface area contributed by atoms with E-state index >= 15 is 0 Å². The lowest BCUT2D eigenvalue weighted by Crippen LogP contribution is -2.41. The molecule has 180 valence electrons. The lowest BCUT2D eigenvalue weighted by molar-refractivity contribution is -0.139. The molecular formula is C23H25BrN4O6. The Morgan fingerprint density at radius 2 is 1.97 bits per heavy atom. The third kappa shape index (κ3) is 7.85. The molecule has 2 aromatic rings.